The Morgan fingerprint density at radius 1 is 1.40 bits per heavy atom. The Morgan fingerprint density at radius 2 is 2.10 bits per heavy atom. The fourth-order valence-electron chi connectivity index (χ4n) is 2.19. The molecule has 0 spiro atoms. The van der Waals surface area contributed by atoms with E-state index in [9.17, 15) is 9.90 Å². The summed E-state index contributed by atoms with van der Waals surface area (Å²) >= 11 is 0. The van der Waals surface area contributed by atoms with E-state index in [0.717, 1.165) is 5.56 Å². The highest BCUT2D eigenvalue weighted by molar-refractivity contribution is 5.97. The second-order valence-corrected chi connectivity index (χ2v) is 4.45. The standard InChI is InChI=1S/C16H18O4/c1-3-19-16(18)15-11(2)20-14(10-17)13(15)9-12-7-5-4-6-8-12/h4-9,14,17H,3,10H2,1-2H3/b13-9+. The van der Waals surface area contributed by atoms with Crippen molar-refractivity contribution in [3.63, 3.8) is 0 Å². The number of carbonyl (C=O) groups is 1. The molecule has 1 aliphatic rings. The van der Waals surface area contributed by atoms with Crippen molar-refractivity contribution in [3.8, 4) is 0 Å². The highest BCUT2D eigenvalue weighted by atomic mass is 16.5. The molecule has 1 aromatic rings. The molecule has 1 N–H and O–H groups in total. The molecule has 1 atom stereocenters. The smallest absolute Gasteiger partial charge is 0.341 e. The van der Waals surface area contributed by atoms with Gasteiger partial charge < -0.3 is 14.6 Å². The Hall–Kier alpha value is -2.07. The molecule has 0 bridgehead atoms. The van der Waals surface area contributed by atoms with Gasteiger partial charge >= 0.3 is 5.97 Å². The summed E-state index contributed by atoms with van der Waals surface area (Å²) in [7, 11) is 0. The number of ether oxygens (including phenoxy) is 2. The van der Waals surface area contributed by atoms with Gasteiger partial charge in [0.2, 0.25) is 0 Å². The minimum absolute atomic E-state index is 0.182. The summed E-state index contributed by atoms with van der Waals surface area (Å²) in [6.07, 6.45) is 1.33. The van der Waals surface area contributed by atoms with Gasteiger partial charge in [-0.15, -0.1) is 0 Å². The lowest BCUT2D eigenvalue weighted by Gasteiger charge is -2.11. The van der Waals surface area contributed by atoms with Crippen molar-refractivity contribution in [3.05, 3.63) is 52.8 Å². The molecular formula is C16H18O4. The summed E-state index contributed by atoms with van der Waals surface area (Å²) in [4.78, 5) is 12.0. The van der Waals surface area contributed by atoms with Crippen molar-refractivity contribution in [2.75, 3.05) is 13.2 Å². The first-order valence-corrected chi connectivity index (χ1v) is 6.60. The molecule has 0 saturated heterocycles. The van der Waals surface area contributed by atoms with Gasteiger partial charge in [-0.3, -0.25) is 0 Å². The van der Waals surface area contributed by atoms with Gasteiger partial charge in [0, 0.05) is 5.57 Å². The molecule has 1 aliphatic heterocycles. The summed E-state index contributed by atoms with van der Waals surface area (Å²) in [5.74, 6) is 0.0767. The lowest BCUT2D eigenvalue weighted by atomic mass is 9.99. The van der Waals surface area contributed by atoms with E-state index in [1.807, 2.05) is 36.4 Å². The van der Waals surface area contributed by atoms with Crippen LogP contribution in [0.5, 0.6) is 0 Å². The molecule has 1 unspecified atom stereocenters. The molecule has 20 heavy (non-hydrogen) atoms. The summed E-state index contributed by atoms with van der Waals surface area (Å²) < 4.78 is 10.6. The molecule has 0 radical (unpaired) electrons. The van der Waals surface area contributed by atoms with E-state index < -0.39 is 12.1 Å². The van der Waals surface area contributed by atoms with Crippen LogP contribution < -0.4 is 0 Å². The SMILES string of the molecule is CCOC(=O)C1=C(C)OC(CO)/C1=C\c1ccccc1. The van der Waals surface area contributed by atoms with Crippen molar-refractivity contribution >= 4 is 12.0 Å². The van der Waals surface area contributed by atoms with E-state index in [1.165, 1.54) is 0 Å². The van der Waals surface area contributed by atoms with E-state index in [2.05, 4.69) is 0 Å². The summed E-state index contributed by atoms with van der Waals surface area (Å²) in [6, 6.07) is 9.60. The Kier molecular flexibility index (Phi) is 4.58. The van der Waals surface area contributed by atoms with Gasteiger partial charge in [-0.05, 0) is 25.5 Å². The van der Waals surface area contributed by atoms with Gasteiger partial charge in [-0.25, -0.2) is 4.79 Å². The predicted molar refractivity (Wildman–Crippen MR) is 75.7 cm³/mol. The average Bonchev–Trinajstić information content (AvgIpc) is 2.76. The normalized spacial score (nSPS) is 20.1. The monoisotopic (exact) mass is 274 g/mol. The maximum absolute atomic E-state index is 12.0. The van der Waals surface area contributed by atoms with Crippen LogP contribution in [0.1, 0.15) is 19.4 Å². The summed E-state index contributed by atoms with van der Waals surface area (Å²) in [5, 5.41) is 9.42. The van der Waals surface area contributed by atoms with Crippen molar-refractivity contribution in [1.29, 1.82) is 0 Å². The Balaban J connectivity index is 2.40. The number of aliphatic hydroxyl groups is 1. The number of hydrogen-bond acceptors (Lipinski definition) is 4. The van der Waals surface area contributed by atoms with Gasteiger partial charge in [0.05, 0.1) is 13.2 Å². The quantitative estimate of drug-likeness (QED) is 0.856. The highest BCUT2D eigenvalue weighted by Gasteiger charge is 2.33. The third-order valence-corrected chi connectivity index (χ3v) is 3.07. The van der Waals surface area contributed by atoms with Crippen LogP contribution in [0.2, 0.25) is 0 Å². The van der Waals surface area contributed by atoms with Crippen LogP contribution in [0.4, 0.5) is 0 Å². The van der Waals surface area contributed by atoms with Gasteiger partial charge in [-0.2, -0.15) is 0 Å². The zero-order valence-corrected chi connectivity index (χ0v) is 11.6. The van der Waals surface area contributed by atoms with E-state index in [4.69, 9.17) is 9.47 Å². The number of hydrogen-bond donors (Lipinski definition) is 1. The number of rotatable bonds is 4. The third kappa shape index (κ3) is 2.91. The first kappa shape index (κ1) is 14.3. The molecule has 0 fully saturated rings. The van der Waals surface area contributed by atoms with Gasteiger partial charge in [0.25, 0.3) is 0 Å². The van der Waals surface area contributed by atoms with Crippen LogP contribution in [0.3, 0.4) is 0 Å². The molecule has 0 amide bonds. The molecular weight excluding hydrogens is 256 g/mol. The molecule has 2 rings (SSSR count). The number of esters is 1. The third-order valence-electron chi connectivity index (χ3n) is 3.07. The van der Waals surface area contributed by atoms with Crippen LogP contribution in [-0.4, -0.2) is 30.4 Å². The largest absolute Gasteiger partial charge is 0.487 e. The topological polar surface area (TPSA) is 55.8 Å². The fourth-order valence-corrected chi connectivity index (χ4v) is 2.19. The maximum atomic E-state index is 12.0. The minimum atomic E-state index is -0.519. The van der Waals surface area contributed by atoms with Crippen molar-refractivity contribution in [1.82, 2.24) is 0 Å². The molecule has 0 aliphatic carbocycles. The molecule has 0 aromatic heterocycles. The first-order chi connectivity index (χ1) is 9.67. The first-order valence-electron chi connectivity index (χ1n) is 6.60. The van der Waals surface area contributed by atoms with Crippen LogP contribution in [0, 0.1) is 0 Å². The van der Waals surface area contributed by atoms with Gasteiger partial charge in [0.15, 0.2) is 0 Å². The summed E-state index contributed by atoms with van der Waals surface area (Å²) in [5.41, 5.74) is 2.02. The molecule has 4 heteroatoms. The molecule has 1 aromatic carbocycles. The number of carbonyl (C=O) groups excluding carboxylic acids is 1. The Labute approximate surface area is 118 Å². The lowest BCUT2D eigenvalue weighted by molar-refractivity contribution is -0.138. The van der Waals surface area contributed by atoms with Gasteiger partial charge in [0.1, 0.15) is 17.4 Å². The fraction of sp³-hybridized carbons (Fsp3) is 0.312. The second kappa shape index (κ2) is 6.39. The van der Waals surface area contributed by atoms with Crippen molar-refractivity contribution in [2.24, 2.45) is 0 Å². The van der Waals surface area contributed by atoms with E-state index >= 15 is 0 Å². The molecule has 106 valence electrons. The lowest BCUT2D eigenvalue weighted by Crippen LogP contribution is -2.17. The molecule has 4 nitrogen and oxygen atoms in total. The average molecular weight is 274 g/mol. The number of benzene rings is 1. The predicted octanol–water partition coefficient (Wildman–Crippen LogP) is 2.30. The zero-order valence-electron chi connectivity index (χ0n) is 11.6. The van der Waals surface area contributed by atoms with Crippen LogP contribution in [0.25, 0.3) is 6.08 Å². The minimum Gasteiger partial charge on any atom is -0.487 e. The molecule has 1 heterocycles. The van der Waals surface area contributed by atoms with Crippen molar-refractivity contribution < 1.29 is 19.4 Å². The summed E-state index contributed by atoms with van der Waals surface area (Å²) in [6.45, 7) is 3.59. The van der Waals surface area contributed by atoms with E-state index in [0.29, 0.717) is 23.5 Å². The Bertz CT molecular complexity index is 543. The number of aliphatic hydroxyl groups excluding tert-OH is 1. The Morgan fingerprint density at radius 3 is 2.70 bits per heavy atom. The second-order valence-electron chi connectivity index (χ2n) is 4.45. The maximum Gasteiger partial charge on any atom is 0.341 e. The zero-order chi connectivity index (χ0) is 14.5. The van der Waals surface area contributed by atoms with Crippen LogP contribution in [-0.2, 0) is 14.3 Å². The van der Waals surface area contributed by atoms with Crippen molar-refractivity contribution in [2.45, 2.75) is 20.0 Å². The van der Waals surface area contributed by atoms with Gasteiger partial charge in [-0.1, -0.05) is 30.3 Å². The number of allylic oxidation sites excluding steroid dienone is 1. The molecule has 0 saturated carbocycles. The van der Waals surface area contributed by atoms with Crippen LogP contribution >= 0.6 is 0 Å². The van der Waals surface area contributed by atoms with E-state index in [-0.39, 0.29) is 6.61 Å². The highest BCUT2D eigenvalue weighted by Crippen LogP contribution is 2.32. The van der Waals surface area contributed by atoms with E-state index in [1.54, 1.807) is 13.8 Å². The van der Waals surface area contributed by atoms with Crippen LogP contribution in [0.15, 0.2) is 47.2 Å².